The van der Waals surface area contributed by atoms with E-state index in [1.165, 1.54) is 6.07 Å². The van der Waals surface area contributed by atoms with Crippen molar-refractivity contribution in [3.05, 3.63) is 93.5 Å². The Bertz CT molecular complexity index is 1490. The molecule has 9 heteroatoms. The minimum Gasteiger partial charge on any atom is -0.454 e. The summed E-state index contributed by atoms with van der Waals surface area (Å²) in [6, 6.07) is 19.0. The Balaban J connectivity index is 1.46. The van der Waals surface area contributed by atoms with Crippen molar-refractivity contribution >= 4 is 23.1 Å². The molecule has 37 heavy (non-hydrogen) atoms. The van der Waals surface area contributed by atoms with Crippen molar-refractivity contribution in [2.24, 2.45) is 5.92 Å². The molecule has 7 rings (SSSR count). The summed E-state index contributed by atoms with van der Waals surface area (Å²) < 4.78 is 11.0. The molecule has 0 aliphatic carbocycles. The van der Waals surface area contributed by atoms with Crippen LogP contribution < -0.4 is 14.8 Å². The van der Waals surface area contributed by atoms with E-state index in [-0.39, 0.29) is 30.2 Å². The van der Waals surface area contributed by atoms with Gasteiger partial charge in [-0.3, -0.25) is 24.6 Å². The standard InChI is InChI=1S/C28H23N3O6/c32-26(17-10-11-22-23(14-17)37-15-36-22)25-24(16-5-3-6-18(13-16)31(34)35)21-9-4-12-30(21)28(25)19-7-1-2-8-20(19)29-27(28)33/h1-3,5-8,10-11,13-14,21,24-25H,4,9,12,15H2,(H,29,33)/t21?,24?,25?,28-/m1/s1. The van der Waals surface area contributed by atoms with E-state index >= 15 is 0 Å². The molecule has 0 bridgehead atoms. The largest absolute Gasteiger partial charge is 0.454 e. The Morgan fingerprint density at radius 1 is 1.05 bits per heavy atom. The molecule has 3 aromatic carbocycles. The summed E-state index contributed by atoms with van der Waals surface area (Å²) in [5.74, 6) is -0.594. The third-order valence-electron chi connectivity index (χ3n) is 8.31. The zero-order chi connectivity index (χ0) is 25.3. The molecule has 4 aliphatic heterocycles. The monoisotopic (exact) mass is 497 g/mol. The molecule has 3 unspecified atom stereocenters. The lowest BCUT2D eigenvalue weighted by Crippen LogP contribution is -2.52. The molecule has 186 valence electrons. The molecule has 1 amide bonds. The highest BCUT2D eigenvalue weighted by Gasteiger charge is 2.69. The second-order valence-corrected chi connectivity index (χ2v) is 9.96. The van der Waals surface area contributed by atoms with E-state index in [0.29, 0.717) is 34.9 Å². The number of nitrogens with one attached hydrogen (secondary N) is 1. The van der Waals surface area contributed by atoms with Gasteiger partial charge in [-0.05, 0) is 49.2 Å². The average Bonchev–Trinajstić information content (AvgIpc) is 3.67. The molecule has 3 aromatic rings. The predicted octanol–water partition coefficient (Wildman–Crippen LogP) is 4.23. The van der Waals surface area contributed by atoms with Crippen LogP contribution in [0.1, 0.15) is 40.2 Å². The zero-order valence-corrected chi connectivity index (χ0v) is 19.8. The molecule has 0 aromatic heterocycles. The Morgan fingerprint density at radius 3 is 2.76 bits per heavy atom. The first-order chi connectivity index (χ1) is 18.0. The number of carbonyl (C=O) groups excluding carboxylic acids is 2. The van der Waals surface area contributed by atoms with Gasteiger partial charge in [0.05, 0.1) is 10.8 Å². The minimum absolute atomic E-state index is 0.0338. The number of benzene rings is 3. The number of amides is 1. The van der Waals surface area contributed by atoms with Gasteiger partial charge in [-0.15, -0.1) is 0 Å². The Hall–Kier alpha value is -4.24. The van der Waals surface area contributed by atoms with Gasteiger partial charge in [-0.2, -0.15) is 0 Å². The number of hydrogen-bond acceptors (Lipinski definition) is 7. The molecule has 0 radical (unpaired) electrons. The Kier molecular flexibility index (Phi) is 4.68. The van der Waals surface area contributed by atoms with Crippen molar-refractivity contribution in [1.29, 1.82) is 0 Å². The van der Waals surface area contributed by atoms with Crippen molar-refractivity contribution in [2.45, 2.75) is 30.3 Å². The van der Waals surface area contributed by atoms with Gasteiger partial charge in [-0.1, -0.05) is 30.3 Å². The van der Waals surface area contributed by atoms with Gasteiger partial charge >= 0.3 is 0 Å². The fourth-order valence-electron chi connectivity index (χ4n) is 6.97. The topological polar surface area (TPSA) is 111 Å². The summed E-state index contributed by atoms with van der Waals surface area (Å²) in [6.45, 7) is 0.741. The van der Waals surface area contributed by atoms with Crippen LogP contribution in [0.2, 0.25) is 0 Å². The highest BCUT2D eigenvalue weighted by molar-refractivity contribution is 6.12. The normalized spacial score (nSPS) is 27.2. The van der Waals surface area contributed by atoms with E-state index < -0.39 is 22.3 Å². The van der Waals surface area contributed by atoms with E-state index in [0.717, 1.165) is 18.4 Å². The first-order valence-electron chi connectivity index (χ1n) is 12.4. The van der Waals surface area contributed by atoms with Gasteiger partial charge in [-0.25, -0.2) is 0 Å². The highest BCUT2D eigenvalue weighted by Crippen LogP contribution is 2.61. The summed E-state index contributed by atoms with van der Waals surface area (Å²) in [4.78, 5) is 42.0. The van der Waals surface area contributed by atoms with Crippen molar-refractivity contribution in [3.63, 3.8) is 0 Å². The maximum atomic E-state index is 14.6. The molecule has 0 saturated carbocycles. The summed E-state index contributed by atoms with van der Waals surface area (Å²) in [5.41, 5.74) is 1.33. The van der Waals surface area contributed by atoms with Crippen LogP contribution in [0.5, 0.6) is 11.5 Å². The summed E-state index contributed by atoms with van der Waals surface area (Å²) in [5, 5.41) is 14.7. The molecule has 1 spiro atoms. The number of ether oxygens (including phenoxy) is 2. The van der Waals surface area contributed by atoms with Crippen LogP contribution in [-0.4, -0.2) is 40.9 Å². The van der Waals surface area contributed by atoms with E-state index in [1.807, 2.05) is 30.3 Å². The Morgan fingerprint density at radius 2 is 1.89 bits per heavy atom. The fourth-order valence-corrected chi connectivity index (χ4v) is 6.97. The van der Waals surface area contributed by atoms with Crippen LogP contribution in [-0.2, 0) is 10.3 Å². The number of nitro groups is 1. The molecular weight excluding hydrogens is 474 g/mol. The number of Topliss-reactive ketones (excluding diaryl/α,β-unsaturated/α-hetero) is 1. The number of anilines is 1. The molecule has 4 atom stereocenters. The number of nitrogens with zero attached hydrogens (tertiary/aromatic N) is 2. The van der Waals surface area contributed by atoms with Crippen molar-refractivity contribution in [2.75, 3.05) is 18.7 Å². The lowest BCUT2D eigenvalue weighted by Gasteiger charge is -2.36. The lowest BCUT2D eigenvalue weighted by atomic mass is 9.68. The van der Waals surface area contributed by atoms with Crippen LogP contribution in [0, 0.1) is 16.0 Å². The molecule has 2 fully saturated rings. The van der Waals surface area contributed by atoms with E-state index in [2.05, 4.69) is 10.2 Å². The van der Waals surface area contributed by atoms with E-state index in [1.54, 1.807) is 30.3 Å². The van der Waals surface area contributed by atoms with E-state index in [4.69, 9.17) is 9.47 Å². The van der Waals surface area contributed by atoms with Gasteiger partial charge < -0.3 is 14.8 Å². The van der Waals surface area contributed by atoms with Gasteiger partial charge in [0.25, 0.3) is 5.69 Å². The average molecular weight is 498 g/mol. The third-order valence-corrected chi connectivity index (χ3v) is 8.31. The predicted molar refractivity (Wildman–Crippen MR) is 133 cm³/mol. The molecule has 2 saturated heterocycles. The van der Waals surface area contributed by atoms with Crippen LogP contribution in [0.15, 0.2) is 66.7 Å². The lowest BCUT2D eigenvalue weighted by molar-refractivity contribution is -0.384. The van der Waals surface area contributed by atoms with Gasteiger partial charge in [0, 0.05) is 40.9 Å². The first kappa shape index (κ1) is 22.0. The van der Waals surface area contributed by atoms with E-state index in [9.17, 15) is 19.7 Å². The summed E-state index contributed by atoms with van der Waals surface area (Å²) in [7, 11) is 0. The number of para-hydroxylation sites is 1. The van der Waals surface area contributed by atoms with Gasteiger partial charge in [0.15, 0.2) is 17.3 Å². The zero-order valence-electron chi connectivity index (χ0n) is 19.8. The fraction of sp³-hybridized carbons (Fsp3) is 0.286. The summed E-state index contributed by atoms with van der Waals surface area (Å²) in [6.07, 6.45) is 1.66. The molecule has 4 aliphatic rings. The van der Waals surface area contributed by atoms with Crippen LogP contribution in [0.3, 0.4) is 0 Å². The van der Waals surface area contributed by atoms with Gasteiger partial charge in [0.1, 0.15) is 5.54 Å². The Labute approximate surface area is 212 Å². The first-order valence-corrected chi connectivity index (χ1v) is 12.4. The smallest absolute Gasteiger partial charge is 0.269 e. The third kappa shape index (κ3) is 2.94. The molecule has 1 N–H and O–H groups in total. The molecule has 4 heterocycles. The number of carbonyl (C=O) groups is 2. The maximum absolute atomic E-state index is 14.6. The highest BCUT2D eigenvalue weighted by atomic mass is 16.7. The second kappa shape index (κ2) is 7.88. The molecular formula is C28H23N3O6. The summed E-state index contributed by atoms with van der Waals surface area (Å²) >= 11 is 0. The number of nitro benzene ring substituents is 1. The van der Waals surface area contributed by atoms with Crippen molar-refractivity contribution in [3.8, 4) is 11.5 Å². The molecule has 9 nitrogen and oxygen atoms in total. The SMILES string of the molecule is O=C(c1ccc2c(c1)OCO2)C1C(c2cccc([N+](=O)[O-])c2)C2CCCN2[C@@]12C(=O)Nc1ccccc12. The number of rotatable bonds is 4. The van der Waals surface area contributed by atoms with Gasteiger partial charge in [0.2, 0.25) is 12.7 Å². The van der Waals surface area contributed by atoms with Crippen LogP contribution in [0.4, 0.5) is 11.4 Å². The maximum Gasteiger partial charge on any atom is 0.269 e. The van der Waals surface area contributed by atoms with Crippen LogP contribution in [0.25, 0.3) is 0 Å². The number of hydrogen-bond donors (Lipinski definition) is 1. The van der Waals surface area contributed by atoms with Crippen molar-refractivity contribution in [1.82, 2.24) is 4.90 Å². The number of ketones is 1. The number of fused-ring (bicyclic) bond motifs is 5. The van der Waals surface area contributed by atoms with Crippen LogP contribution >= 0.6 is 0 Å². The second-order valence-electron chi connectivity index (χ2n) is 9.96. The number of non-ortho nitro benzene ring substituents is 1. The van der Waals surface area contributed by atoms with Crippen molar-refractivity contribution < 1.29 is 24.0 Å². The minimum atomic E-state index is -1.22. The quantitative estimate of drug-likeness (QED) is 0.326.